The Balaban J connectivity index is 1.66. The summed E-state index contributed by atoms with van der Waals surface area (Å²) in [5.41, 5.74) is 1.80. The fraction of sp³-hybridized carbons (Fsp3) is 0.357. The predicted octanol–water partition coefficient (Wildman–Crippen LogP) is 3.57. The van der Waals surface area contributed by atoms with Crippen molar-refractivity contribution in [3.8, 4) is 17.2 Å². The van der Waals surface area contributed by atoms with Crippen LogP contribution in [0.3, 0.4) is 0 Å². The summed E-state index contributed by atoms with van der Waals surface area (Å²) in [7, 11) is 5.95. The Hall–Kier alpha value is -4.38. The molecule has 0 aliphatic carbocycles. The monoisotopic (exact) mass is 535 g/mol. The lowest BCUT2D eigenvalue weighted by Crippen LogP contribution is -2.43. The lowest BCUT2D eigenvalue weighted by molar-refractivity contribution is -0.123. The maximum absolute atomic E-state index is 13.8. The average molecular weight is 536 g/mol. The van der Waals surface area contributed by atoms with Crippen molar-refractivity contribution < 1.29 is 28.5 Å². The lowest BCUT2D eigenvalue weighted by Gasteiger charge is -2.29. The third-order valence-electron chi connectivity index (χ3n) is 6.44. The number of methoxy groups -OCH3 is 4. The molecule has 1 amide bonds. The van der Waals surface area contributed by atoms with Crippen LogP contribution in [0.5, 0.6) is 17.2 Å². The van der Waals surface area contributed by atoms with Crippen molar-refractivity contribution >= 4 is 29.3 Å². The highest BCUT2D eigenvalue weighted by Crippen LogP contribution is 2.40. The van der Waals surface area contributed by atoms with Gasteiger partial charge in [0, 0.05) is 30.6 Å². The molecule has 2 N–H and O–H groups in total. The molecule has 1 fully saturated rings. The number of esters is 1. The molecule has 0 saturated carbocycles. The van der Waals surface area contributed by atoms with E-state index in [0.717, 1.165) is 24.9 Å². The topological polar surface area (TPSA) is 124 Å². The fourth-order valence-corrected chi connectivity index (χ4v) is 4.49. The molecule has 1 aliphatic heterocycles. The Bertz CT molecular complexity index is 1290. The number of carbonyl (C=O) groups is 2. The normalized spacial score (nSPS) is 14.7. The number of hydrogen-bond donors (Lipinski definition) is 2. The maximum Gasteiger partial charge on any atom is 0.337 e. The Morgan fingerprint density at radius 2 is 1.82 bits per heavy atom. The van der Waals surface area contributed by atoms with Gasteiger partial charge in [0.1, 0.15) is 5.82 Å². The number of rotatable bonds is 10. The van der Waals surface area contributed by atoms with Crippen LogP contribution < -0.4 is 29.7 Å². The molecule has 206 valence electrons. The summed E-state index contributed by atoms with van der Waals surface area (Å²) in [6.45, 7) is 1.71. The third kappa shape index (κ3) is 6.55. The van der Waals surface area contributed by atoms with Gasteiger partial charge in [-0.3, -0.25) is 9.69 Å². The van der Waals surface area contributed by atoms with Gasteiger partial charge in [-0.2, -0.15) is 4.98 Å². The summed E-state index contributed by atoms with van der Waals surface area (Å²) < 4.78 is 21.1. The van der Waals surface area contributed by atoms with E-state index in [-0.39, 0.29) is 24.3 Å². The summed E-state index contributed by atoms with van der Waals surface area (Å²) in [5, 5.41) is 6.47. The van der Waals surface area contributed by atoms with Crippen LogP contribution in [0.4, 0.5) is 17.5 Å². The van der Waals surface area contributed by atoms with E-state index in [0.29, 0.717) is 40.9 Å². The third-order valence-corrected chi connectivity index (χ3v) is 6.44. The van der Waals surface area contributed by atoms with E-state index in [1.165, 1.54) is 28.4 Å². The summed E-state index contributed by atoms with van der Waals surface area (Å²) in [6, 6.07) is 12.2. The Morgan fingerprint density at radius 1 is 1.05 bits per heavy atom. The van der Waals surface area contributed by atoms with Crippen LogP contribution in [0.15, 0.2) is 48.7 Å². The maximum atomic E-state index is 13.8. The first-order valence-electron chi connectivity index (χ1n) is 12.6. The molecule has 1 aliphatic rings. The van der Waals surface area contributed by atoms with Gasteiger partial charge < -0.3 is 29.6 Å². The first-order chi connectivity index (χ1) is 19.0. The van der Waals surface area contributed by atoms with E-state index in [2.05, 4.69) is 20.6 Å². The van der Waals surface area contributed by atoms with Crippen molar-refractivity contribution in [3.05, 3.63) is 59.8 Å². The van der Waals surface area contributed by atoms with Crippen LogP contribution >= 0.6 is 0 Å². The van der Waals surface area contributed by atoms with Gasteiger partial charge >= 0.3 is 5.97 Å². The smallest absolute Gasteiger partial charge is 0.337 e. The zero-order valence-corrected chi connectivity index (χ0v) is 22.5. The predicted molar refractivity (Wildman–Crippen MR) is 146 cm³/mol. The summed E-state index contributed by atoms with van der Waals surface area (Å²) in [6.07, 6.45) is 3.29. The van der Waals surface area contributed by atoms with Gasteiger partial charge in [-0.1, -0.05) is 12.1 Å². The highest BCUT2D eigenvalue weighted by molar-refractivity contribution is 5.94. The molecule has 1 aromatic heterocycles. The zero-order valence-electron chi connectivity index (χ0n) is 22.5. The van der Waals surface area contributed by atoms with Gasteiger partial charge in [0.2, 0.25) is 17.6 Å². The number of nitrogens with zero attached hydrogens (tertiary/aromatic N) is 3. The molecular formula is C28H33N5O6. The van der Waals surface area contributed by atoms with Crippen molar-refractivity contribution in [2.45, 2.75) is 19.4 Å². The van der Waals surface area contributed by atoms with E-state index in [9.17, 15) is 9.59 Å². The number of aromatic nitrogens is 2. The van der Waals surface area contributed by atoms with Crippen molar-refractivity contribution in [2.24, 2.45) is 5.92 Å². The van der Waals surface area contributed by atoms with Gasteiger partial charge in [-0.25, -0.2) is 9.78 Å². The number of carbonyl (C=O) groups excluding carboxylic acids is 2. The highest BCUT2D eigenvalue weighted by Gasteiger charge is 2.28. The van der Waals surface area contributed by atoms with Crippen LogP contribution in [0, 0.1) is 5.92 Å². The first-order valence-corrected chi connectivity index (χ1v) is 12.6. The second-order valence-corrected chi connectivity index (χ2v) is 8.94. The molecule has 3 aromatic rings. The number of anilines is 3. The Kier molecular flexibility index (Phi) is 9.16. The number of ether oxygens (including phenoxy) is 4. The zero-order chi connectivity index (χ0) is 27.8. The molecule has 39 heavy (non-hydrogen) atoms. The van der Waals surface area contributed by atoms with E-state index in [4.69, 9.17) is 18.9 Å². The molecule has 1 atom stereocenters. The fourth-order valence-electron chi connectivity index (χ4n) is 4.49. The minimum atomic E-state index is -0.440. The summed E-state index contributed by atoms with van der Waals surface area (Å²) >= 11 is 0. The second-order valence-electron chi connectivity index (χ2n) is 8.94. The minimum Gasteiger partial charge on any atom is -0.493 e. The van der Waals surface area contributed by atoms with Crippen LogP contribution in [-0.4, -0.2) is 63.4 Å². The molecule has 2 aromatic carbocycles. The Labute approximate surface area is 227 Å². The molecular weight excluding hydrogens is 502 g/mol. The number of benzene rings is 2. The van der Waals surface area contributed by atoms with E-state index < -0.39 is 5.97 Å². The van der Waals surface area contributed by atoms with Crippen LogP contribution in [0.25, 0.3) is 0 Å². The standard InChI is InChI=1S/C28H33N5O6/c1-36-22-14-21(15-23(37-2)25(22)38-3)31-28-30-12-10-24(32-28)33(26(34)20-9-6-11-29-16-20)17-18-7-5-8-19(13-18)27(35)39-4/h5,7-8,10,12-15,20,29H,6,9,11,16-17H2,1-4H3,(H,30,31,32). The summed E-state index contributed by atoms with van der Waals surface area (Å²) in [4.78, 5) is 36.5. The summed E-state index contributed by atoms with van der Waals surface area (Å²) in [5.74, 6) is 1.44. The van der Waals surface area contributed by atoms with Crippen molar-refractivity contribution in [1.29, 1.82) is 0 Å². The first kappa shape index (κ1) is 27.6. The van der Waals surface area contributed by atoms with Crippen molar-refractivity contribution in [1.82, 2.24) is 15.3 Å². The van der Waals surface area contributed by atoms with Crippen LogP contribution in [-0.2, 0) is 16.1 Å². The molecule has 2 heterocycles. The second kappa shape index (κ2) is 12.9. The number of piperidine rings is 1. The van der Waals surface area contributed by atoms with Gasteiger partial charge in [-0.15, -0.1) is 0 Å². The minimum absolute atomic E-state index is 0.0527. The van der Waals surface area contributed by atoms with Crippen LogP contribution in [0.1, 0.15) is 28.8 Å². The molecule has 1 saturated heterocycles. The number of hydrogen-bond acceptors (Lipinski definition) is 10. The van der Waals surface area contributed by atoms with Gasteiger partial charge in [0.15, 0.2) is 11.5 Å². The van der Waals surface area contributed by atoms with E-state index in [1.54, 1.807) is 47.5 Å². The van der Waals surface area contributed by atoms with E-state index >= 15 is 0 Å². The average Bonchev–Trinajstić information content (AvgIpc) is 2.99. The SMILES string of the molecule is COC(=O)c1cccc(CN(C(=O)C2CCCNC2)c2ccnc(Nc3cc(OC)c(OC)c(OC)c3)n2)c1. The quantitative estimate of drug-likeness (QED) is 0.372. The molecule has 11 heteroatoms. The molecule has 4 rings (SSSR count). The van der Waals surface area contributed by atoms with Crippen molar-refractivity contribution in [2.75, 3.05) is 51.7 Å². The molecule has 0 spiro atoms. The van der Waals surface area contributed by atoms with E-state index in [1.807, 2.05) is 6.07 Å². The Morgan fingerprint density at radius 3 is 2.46 bits per heavy atom. The van der Waals surface area contributed by atoms with Gasteiger partial charge in [0.25, 0.3) is 0 Å². The molecule has 1 unspecified atom stereocenters. The molecule has 0 radical (unpaired) electrons. The largest absolute Gasteiger partial charge is 0.493 e. The number of nitrogens with one attached hydrogen (secondary N) is 2. The molecule has 11 nitrogen and oxygen atoms in total. The highest BCUT2D eigenvalue weighted by atomic mass is 16.5. The van der Waals surface area contributed by atoms with Gasteiger partial charge in [0.05, 0.1) is 46.5 Å². The van der Waals surface area contributed by atoms with Crippen molar-refractivity contribution in [3.63, 3.8) is 0 Å². The van der Waals surface area contributed by atoms with Gasteiger partial charge in [-0.05, 0) is 43.1 Å². The molecule has 0 bridgehead atoms. The van der Waals surface area contributed by atoms with Crippen LogP contribution in [0.2, 0.25) is 0 Å². The number of amides is 1. The lowest BCUT2D eigenvalue weighted by atomic mass is 9.97.